The molecule has 4 atom stereocenters. The summed E-state index contributed by atoms with van der Waals surface area (Å²) in [7, 11) is 0. The number of nitrogens with two attached hydrogens (primary N) is 1. The number of aliphatic hydroxyl groups excluding tert-OH is 1. The molecule has 73 heavy (non-hydrogen) atoms. The lowest BCUT2D eigenvalue weighted by atomic mass is 9.87. The lowest BCUT2D eigenvalue weighted by Crippen LogP contribution is -2.48. The highest BCUT2D eigenvalue weighted by Gasteiger charge is 2.44. The molecular weight excluding hydrogens is 943 g/mol. The number of para-hydroxylation sites is 1. The summed E-state index contributed by atoms with van der Waals surface area (Å²) in [5.41, 5.74) is 16.2. The molecule has 7 heterocycles. The van der Waals surface area contributed by atoms with Crippen LogP contribution in [0.15, 0.2) is 88.7 Å². The molecule has 2 amide bonds. The van der Waals surface area contributed by atoms with Gasteiger partial charge in [0.1, 0.15) is 17.7 Å². The Bertz CT molecular complexity index is 2930. The molecule has 6 aromatic rings. The van der Waals surface area contributed by atoms with Gasteiger partial charge in [0, 0.05) is 80.3 Å². The van der Waals surface area contributed by atoms with Gasteiger partial charge in [-0.1, -0.05) is 55.4 Å². The number of likely N-dealkylation sites (tertiary alicyclic amines) is 2. The summed E-state index contributed by atoms with van der Waals surface area (Å²) in [6.07, 6.45) is 9.54. The second-order valence-electron chi connectivity index (χ2n) is 20.8. The maximum Gasteiger partial charge on any atom is 0.243 e. The molecule has 0 spiro atoms. The van der Waals surface area contributed by atoms with Crippen LogP contribution < -0.4 is 16.0 Å². The predicted octanol–water partition coefficient (Wildman–Crippen LogP) is 8.08. The van der Waals surface area contributed by atoms with Crippen LogP contribution in [0, 0.1) is 18.8 Å². The molecule has 3 aliphatic heterocycles. The third-order valence-corrected chi connectivity index (χ3v) is 16.4. The summed E-state index contributed by atoms with van der Waals surface area (Å²) in [5, 5.41) is 41.7. The van der Waals surface area contributed by atoms with Crippen molar-refractivity contribution in [3.8, 4) is 38.6 Å². The zero-order valence-electron chi connectivity index (χ0n) is 42.4. The van der Waals surface area contributed by atoms with Crippen molar-refractivity contribution in [1.29, 1.82) is 0 Å². The van der Waals surface area contributed by atoms with Crippen LogP contribution in [0.4, 0.5) is 11.6 Å². The maximum absolute atomic E-state index is 14.4. The van der Waals surface area contributed by atoms with Crippen molar-refractivity contribution in [1.82, 2.24) is 45.2 Å². The van der Waals surface area contributed by atoms with E-state index in [1.165, 1.54) is 10.5 Å². The second kappa shape index (κ2) is 21.5. The van der Waals surface area contributed by atoms with E-state index in [4.69, 9.17) is 15.0 Å². The Kier molecular flexibility index (Phi) is 14.8. The molecule has 1 aliphatic carbocycles. The molecular formula is C55H67N11O6S. The van der Waals surface area contributed by atoms with E-state index < -0.39 is 18.1 Å². The van der Waals surface area contributed by atoms with Crippen LogP contribution in [0.3, 0.4) is 0 Å². The quantitative estimate of drug-likeness (QED) is 0.0766. The summed E-state index contributed by atoms with van der Waals surface area (Å²) in [6.45, 7) is 14.9. The van der Waals surface area contributed by atoms with Gasteiger partial charge in [-0.05, 0) is 106 Å². The molecule has 384 valence electrons. The van der Waals surface area contributed by atoms with E-state index in [1.807, 2.05) is 86.5 Å². The number of amides is 2. The lowest BCUT2D eigenvalue weighted by Gasteiger charge is -2.40. The third kappa shape index (κ3) is 10.9. The molecule has 4 fully saturated rings. The van der Waals surface area contributed by atoms with Crippen LogP contribution in [0.5, 0.6) is 5.75 Å². The van der Waals surface area contributed by atoms with Crippen molar-refractivity contribution in [2.75, 3.05) is 49.9 Å². The number of nitrogens with zero attached hydrogens (tertiary/aromatic N) is 9. The Hall–Kier alpha value is -6.47. The standard InChI is InChI=1S/C55H67N11O6S/c1-32(2)51(55(70)65-30-41(67)24-47(65)54(69)59-33(3)37-10-12-38(13-11-37)52-34(4)57-31-73-52)49-26-50(62-72-49)64-20-14-36(15-21-64)28-63-18-16-42(17-19-63)71-43-22-39(23-43)35(5)66-29-40(27-58-66)45-25-46(60-61-53(45)56)44-8-6-7-9-48(44)68/h6-13,25-27,29,31-33,36,41-43,47,51,67-68H,14-24,28,30H2,1-5H3,(H2,56,61)(H,59,69)/t33-,41+,43?,47-,51+/m0/s1. The van der Waals surface area contributed by atoms with Crippen LogP contribution in [-0.2, 0) is 14.3 Å². The fourth-order valence-electron chi connectivity index (χ4n) is 11.0. The summed E-state index contributed by atoms with van der Waals surface area (Å²) in [5.74, 6) is 0.926. The van der Waals surface area contributed by atoms with Crippen LogP contribution in [0.1, 0.15) is 102 Å². The number of rotatable bonds is 15. The van der Waals surface area contributed by atoms with Gasteiger partial charge in [-0.25, -0.2) is 9.67 Å². The van der Waals surface area contributed by atoms with E-state index >= 15 is 0 Å². The first-order valence-electron chi connectivity index (χ1n) is 25.8. The molecule has 4 aromatic heterocycles. The molecule has 1 saturated carbocycles. The largest absolute Gasteiger partial charge is 0.507 e. The number of aromatic hydroxyl groups is 1. The zero-order valence-corrected chi connectivity index (χ0v) is 43.2. The van der Waals surface area contributed by atoms with Crippen molar-refractivity contribution in [3.05, 3.63) is 101 Å². The number of aromatic nitrogens is 6. The topological polar surface area (TPSA) is 214 Å². The number of phenols is 1. The summed E-state index contributed by atoms with van der Waals surface area (Å²) in [6, 6.07) is 17.8. The van der Waals surface area contributed by atoms with Crippen LogP contribution in [-0.4, -0.2) is 126 Å². The van der Waals surface area contributed by atoms with Gasteiger partial charge in [0.15, 0.2) is 17.4 Å². The summed E-state index contributed by atoms with van der Waals surface area (Å²) in [4.78, 5) is 40.0. The normalized spacial score (nSPS) is 20.9. The number of carbonyl (C=O) groups excluding carboxylic acids is 2. The predicted molar refractivity (Wildman–Crippen MR) is 281 cm³/mol. The van der Waals surface area contributed by atoms with E-state index in [0.717, 1.165) is 110 Å². The monoisotopic (exact) mass is 1010 g/mol. The number of anilines is 2. The number of hydrogen-bond donors (Lipinski definition) is 4. The number of aliphatic hydroxyl groups is 1. The Morgan fingerprint density at radius 1 is 0.945 bits per heavy atom. The number of nitrogen functional groups attached to an aromatic ring is 1. The molecule has 4 aliphatic rings. The number of carbonyl (C=O) groups is 2. The van der Waals surface area contributed by atoms with Gasteiger partial charge in [0.05, 0.1) is 52.3 Å². The Labute approximate surface area is 430 Å². The smallest absolute Gasteiger partial charge is 0.243 e. The van der Waals surface area contributed by atoms with E-state index in [9.17, 15) is 19.8 Å². The van der Waals surface area contributed by atoms with Crippen LogP contribution in [0.25, 0.3) is 38.5 Å². The number of piperidine rings is 2. The molecule has 5 N–H and O–H groups in total. The van der Waals surface area contributed by atoms with Gasteiger partial charge < -0.3 is 45.2 Å². The minimum Gasteiger partial charge on any atom is -0.507 e. The van der Waals surface area contributed by atoms with E-state index in [0.29, 0.717) is 34.3 Å². The van der Waals surface area contributed by atoms with E-state index in [2.05, 4.69) is 47.5 Å². The number of thiazole rings is 1. The summed E-state index contributed by atoms with van der Waals surface area (Å²) < 4.78 is 14.5. The van der Waals surface area contributed by atoms with Gasteiger partial charge in [-0.2, -0.15) is 5.10 Å². The van der Waals surface area contributed by atoms with E-state index in [-0.39, 0.29) is 54.7 Å². The third-order valence-electron chi connectivity index (χ3n) is 15.5. The highest BCUT2D eigenvalue weighted by atomic mass is 32.1. The minimum absolute atomic E-state index is 0.0840. The van der Waals surface area contributed by atoms with Crippen molar-refractivity contribution >= 4 is 40.5 Å². The molecule has 2 aromatic carbocycles. The Morgan fingerprint density at radius 3 is 2.41 bits per heavy atom. The van der Waals surface area contributed by atoms with Gasteiger partial charge in [0.2, 0.25) is 11.8 Å². The molecule has 10 rings (SSSR count). The molecule has 0 unspecified atom stereocenters. The molecule has 17 nitrogen and oxygen atoms in total. The number of hydrogen-bond acceptors (Lipinski definition) is 15. The van der Waals surface area contributed by atoms with Crippen molar-refractivity contribution in [2.24, 2.45) is 11.8 Å². The SMILES string of the molecule is CC(=C1CC(OC2CCN(CC3CCN(c4cc([C@H](C(=O)N5C[C@H](O)C[C@H]5C(=O)N[C@@H](C)c5ccc(-c6scnc6C)cc5)C(C)C)on4)CC3)CC2)C1)n1cc(-c2cc(-c3ccccc3O)nnc2N)cn1. The van der Waals surface area contributed by atoms with Crippen LogP contribution in [0.2, 0.25) is 0 Å². The number of aryl methyl sites for hydroxylation is 1. The first kappa shape index (κ1) is 50.1. The fourth-order valence-corrected chi connectivity index (χ4v) is 11.9. The average Bonchev–Trinajstić information content (AvgIpc) is 4.22. The zero-order chi connectivity index (χ0) is 50.9. The van der Waals surface area contributed by atoms with Crippen LogP contribution >= 0.6 is 11.3 Å². The Morgan fingerprint density at radius 2 is 1.70 bits per heavy atom. The summed E-state index contributed by atoms with van der Waals surface area (Å²) >= 11 is 1.60. The van der Waals surface area contributed by atoms with Gasteiger partial charge >= 0.3 is 0 Å². The first-order valence-corrected chi connectivity index (χ1v) is 26.7. The number of benzene rings is 2. The number of nitrogens with one attached hydrogen (secondary N) is 1. The average molecular weight is 1010 g/mol. The number of phenolic OH excluding ortho intramolecular Hbond substituents is 1. The highest BCUT2D eigenvalue weighted by Crippen LogP contribution is 2.38. The van der Waals surface area contributed by atoms with Crippen molar-refractivity contribution in [2.45, 2.75) is 116 Å². The van der Waals surface area contributed by atoms with E-state index in [1.54, 1.807) is 35.7 Å². The van der Waals surface area contributed by atoms with Gasteiger partial charge in [-0.15, -0.1) is 21.5 Å². The Balaban J connectivity index is 0.664. The van der Waals surface area contributed by atoms with Crippen molar-refractivity contribution in [3.63, 3.8) is 0 Å². The van der Waals surface area contributed by atoms with Gasteiger partial charge in [0.25, 0.3) is 0 Å². The minimum atomic E-state index is -0.802. The highest BCUT2D eigenvalue weighted by molar-refractivity contribution is 7.13. The second-order valence-corrected chi connectivity index (χ2v) is 21.7. The van der Waals surface area contributed by atoms with Crippen molar-refractivity contribution < 1.29 is 29.1 Å². The number of allylic oxidation sites excluding steroid dienone is 1. The number of β-amino-alcohol motifs (C(OH)–C–C–N with tert-alkyl or cyclic N) is 1. The molecule has 0 bridgehead atoms. The molecule has 3 saturated heterocycles. The maximum atomic E-state index is 14.4. The molecule has 18 heteroatoms. The fraction of sp³-hybridized carbons (Fsp3) is 0.473. The number of ether oxygens (including phenoxy) is 1. The molecule has 0 radical (unpaired) electrons. The lowest BCUT2D eigenvalue weighted by molar-refractivity contribution is -0.141. The van der Waals surface area contributed by atoms with Gasteiger partial charge in [-0.3, -0.25) is 9.59 Å². The first-order chi connectivity index (χ1) is 35.3.